The molecule has 1 amide bonds. The molecule has 31 heavy (non-hydrogen) atoms. The number of hydrogen-bond acceptors (Lipinski definition) is 3. The van der Waals surface area contributed by atoms with Gasteiger partial charge in [0.2, 0.25) is 5.91 Å². The Morgan fingerprint density at radius 3 is 2.42 bits per heavy atom. The number of guanidine groups is 1. The number of ether oxygens (including phenoxy) is 1. The van der Waals surface area contributed by atoms with E-state index in [2.05, 4.69) is 46.7 Å². The number of benzene rings is 1. The van der Waals surface area contributed by atoms with Crippen LogP contribution in [0.15, 0.2) is 29.3 Å². The van der Waals surface area contributed by atoms with E-state index in [0.717, 1.165) is 50.7 Å². The monoisotopic (exact) mass is 428 g/mol. The van der Waals surface area contributed by atoms with Gasteiger partial charge in [0.15, 0.2) is 5.96 Å². The van der Waals surface area contributed by atoms with Gasteiger partial charge in [-0.2, -0.15) is 0 Å². The number of hydrogen-bond donors (Lipinski definition) is 2. The topological polar surface area (TPSA) is 66.0 Å². The van der Waals surface area contributed by atoms with Gasteiger partial charge in [0.25, 0.3) is 0 Å². The quantitative estimate of drug-likeness (QED) is 0.513. The number of likely N-dealkylation sites (tertiary alicyclic amines) is 1. The first kappa shape index (κ1) is 23.4. The van der Waals surface area contributed by atoms with E-state index in [1.54, 1.807) is 14.2 Å². The van der Waals surface area contributed by atoms with Crippen LogP contribution >= 0.6 is 0 Å². The Morgan fingerprint density at radius 1 is 1.16 bits per heavy atom. The molecule has 1 aromatic rings. The summed E-state index contributed by atoms with van der Waals surface area (Å²) in [6, 6.07) is 8.63. The number of amides is 1. The van der Waals surface area contributed by atoms with Crippen molar-refractivity contribution in [3.8, 4) is 5.75 Å². The van der Waals surface area contributed by atoms with Gasteiger partial charge in [-0.25, -0.2) is 0 Å². The van der Waals surface area contributed by atoms with Crippen molar-refractivity contribution >= 4 is 11.9 Å². The minimum Gasteiger partial charge on any atom is -0.497 e. The highest BCUT2D eigenvalue weighted by molar-refractivity contribution is 5.80. The van der Waals surface area contributed by atoms with Crippen LogP contribution in [0.3, 0.4) is 0 Å². The minimum absolute atomic E-state index is 0.114. The van der Waals surface area contributed by atoms with Crippen molar-refractivity contribution in [3.63, 3.8) is 0 Å². The summed E-state index contributed by atoms with van der Waals surface area (Å²) >= 11 is 0. The number of carbonyl (C=O) groups excluding carboxylic acids is 1. The van der Waals surface area contributed by atoms with Crippen LogP contribution in [0, 0.1) is 5.92 Å². The molecule has 2 fully saturated rings. The molecule has 0 bridgehead atoms. The van der Waals surface area contributed by atoms with Gasteiger partial charge in [0.05, 0.1) is 13.7 Å². The molecule has 1 aliphatic heterocycles. The molecule has 0 atom stereocenters. The summed E-state index contributed by atoms with van der Waals surface area (Å²) in [5.74, 6) is 2.56. The maximum atomic E-state index is 11.7. The van der Waals surface area contributed by atoms with Crippen LogP contribution in [-0.4, -0.2) is 57.1 Å². The maximum Gasteiger partial charge on any atom is 0.220 e. The van der Waals surface area contributed by atoms with E-state index in [4.69, 9.17) is 9.73 Å². The second-order valence-electron chi connectivity index (χ2n) is 9.05. The van der Waals surface area contributed by atoms with E-state index in [1.165, 1.54) is 37.7 Å². The number of rotatable bonds is 7. The number of aliphatic imine (C=N–C) groups is 1. The normalized spacial score (nSPS) is 19.7. The molecule has 0 aromatic heterocycles. The van der Waals surface area contributed by atoms with Crippen molar-refractivity contribution in [2.24, 2.45) is 10.9 Å². The molecule has 1 saturated heterocycles. The van der Waals surface area contributed by atoms with Crippen LogP contribution in [0.2, 0.25) is 0 Å². The second kappa shape index (κ2) is 11.4. The molecule has 3 rings (SSSR count). The van der Waals surface area contributed by atoms with Gasteiger partial charge < -0.3 is 20.3 Å². The van der Waals surface area contributed by atoms with Crippen LogP contribution in [-0.2, 0) is 10.2 Å². The third-order valence-electron chi connectivity index (χ3n) is 7.05. The lowest BCUT2D eigenvalue weighted by Crippen LogP contribution is -2.47. The lowest BCUT2D eigenvalue weighted by Gasteiger charge is -2.38. The molecule has 2 aliphatic rings. The third-order valence-corrected chi connectivity index (χ3v) is 7.05. The number of piperidine rings is 1. The Labute approximate surface area is 187 Å². The van der Waals surface area contributed by atoms with Crippen LogP contribution < -0.4 is 15.4 Å². The molecule has 1 heterocycles. The number of carbonyl (C=O) groups is 1. The third kappa shape index (κ3) is 6.14. The zero-order valence-electron chi connectivity index (χ0n) is 19.6. The van der Waals surface area contributed by atoms with E-state index in [9.17, 15) is 4.79 Å². The molecular weight excluding hydrogens is 388 g/mol. The first-order valence-corrected chi connectivity index (χ1v) is 12.0. The van der Waals surface area contributed by atoms with Gasteiger partial charge in [0, 0.05) is 38.5 Å². The molecule has 0 unspecified atom stereocenters. The maximum absolute atomic E-state index is 11.7. The predicted molar refractivity (Wildman–Crippen MR) is 127 cm³/mol. The standard InChI is InChI=1S/C25H40N4O2/c1-4-27-24(29-16-12-20(13-17-29)18-23(30)26-2)28-19-25(14-6-5-7-15-25)21-8-10-22(31-3)11-9-21/h8-11,20H,4-7,12-19H2,1-3H3,(H,26,30)(H,27,28). The fraction of sp³-hybridized carbons (Fsp3) is 0.680. The first-order chi connectivity index (χ1) is 15.1. The Bertz CT molecular complexity index is 718. The molecule has 0 spiro atoms. The summed E-state index contributed by atoms with van der Waals surface area (Å²) in [5.41, 5.74) is 1.50. The van der Waals surface area contributed by atoms with Gasteiger partial charge in [-0.3, -0.25) is 9.79 Å². The fourth-order valence-corrected chi connectivity index (χ4v) is 5.08. The number of methoxy groups -OCH3 is 1. The zero-order valence-corrected chi connectivity index (χ0v) is 19.6. The van der Waals surface area contributed by atoms with Gasteiger partial charge >= 0.3 is 0 Å². The van der Waals surface area contributed by atoms with Crippen molar-refractivity contribution in [2.75, 3.05) is 40.3 Å². The van der Waals surface area contributed by atoms with E-state index in [0.29, 0.717) is 12.3 Å². The Kier molecular flexibility index (Phi) is 8.61. The van der Waals surface area contributed by atoms with Crippen LogP contribution in [0.4, 0.5) is 0 Å². The number of nitrogens with zero attached hydrogens (tertiary/aromatic N) is 2. The van der Waals surface area contributed by atoms with Crippen molar-refractivity contribution in [1.82, 2.24) is 15.5 Å². The molecule has 2 N–H and O–H groups in total. The molecule has 1 saturated carbocycles. The van der Waals surface area contributed by atoms with E-state index < -0.39 is 0 Å². The van der Waals surface area contributed by atoms with Crippen molar-refractivity contribution in [3.05, 3.63) is 29.8 Å². The summed E-state index contributed by atoms with van der Waals surface area (Å²) in [6.45, 7) is 5.74. The van der Waals surface area contributed by atoms with Gasteiger partial charge in [-0.1, -0.05) is 31.4 Å². The van der Waals surface area contributed by atoms with Gasteiger partial charge in [0.1, 0.15) is 5.75 Å². The minimum atomic E-state index is 0.114. The Hall–Kier alpha value is -2.24. The summed E-state index contributed by atoms with van der Waals surface area (Å²) in [6.07, 6.45) is 8.96. The lowest BCUT2D eigenvalue weighted by molar-refractivity contribution is -0.121. The summed E-state index contributed by atoms with van der Waals surface area (Å²) in [7, 11) is 3.44. The highest BCUT2D eigenvalue weighted by Gasteiger charge is 2.34. The lowest BCUT2D eigenvalue weighted by atomic mass is 9.69. The molecule has 172 valence electrons. The highest BCUT2D eigenvalue weighted by atomic mass is 16.5. The predicted octanol–water partition coefficient (Wildman–Crippen LogP) is 3.71. The molecule has 1 aromatic carbocycles. The van der Waals surface area contributed by atoms with Crippen molar-refractivity contribution < 1.29 is 9.53 Å². The van der Waals surface area contributed by atoms with Crippen molar-refractivity contribution in [1.29, 1.82) is 0 Å². The van der Waals surface area contributed by atoms with Crippen LogP contribution in [0.5, 0.6) is 5.75 Å². The van der Waals surface area contributed by atoms with E-state index >= 15 is 0 Å². The molecule has 6 heteroatoms. The molecule has 0 radical (unpaired) electrons. The smallest absolute Gasteiger partial charge is 0.220 e. The molecular formula is C25H40N4O2. The average molecular weight is 429 g/mol. The largest absolute Gasteiger partial charge is 0.497 e. The Morgan fingerprint density at radius 2 is 1.84 bits per heavy atom. The second-order valence-corrected chi connectivity index (χ2v) is 9.05. The molecule has 1 aliphatic carbocycles. The average Bonchev–Trinajstić information content (AvgIpc) is 2.83. The summed E-state index contributed by atoms with van der Waals surface area (Å²) < 4.78 is 5.37. The van der Waals surface area contributed by atoms with E-state index in [1.807, 2.05) is 0 Å². The SMILES string of the molecule is CCNC(=NCC1(c2ccc(OC)cc2)CCCCC1)N1CCC(CC(=O)NC)CC1. The zero-order chi connectivity index (χ0) is 22.1. The van der Waals surface area contributed by atoms with Crippen LogP contribution in [0.25, 0.3) is 0 Å². The summed E-state index contributed by atoms with van der Waals surface area (Å²) in [4.78, 5) is 19.3. The van der Waals surface area contributed by atoms with Gasteiger partial charge in [-0.05, 0) is 56.2 Å². The highest BCUT2D eigenvalue weighted by Crippen LogP contribution is 2.40. The number of nitrogens with one attached hydrogen (secondary N) is 2. The molecule has 6 nitrogen and oxygen atoms in total. The van der Waals surface area contributed by atoms with Gasteiger partial charge in [-0.15, -0.1) is 0 Å². The van der Waals surface area contributed by atoms with Crippen molar-refractivity contribution in [2.45, 2.75) is 63.7 Å². The fourth-order valence-electron chi connectivity index (χ4n) is 5.08. The van der Waals surface area contributed by atoms with Crippen LogP contribution in [0.1, 0.15) is 63.9 Å². The van der Waals surface area contributed by atoms with E-state index in [-0.39, 0.29) is 11.3 Å². The summed E-state index contributed by atoms with van der Waals surface area (Å²) in [5, 5.41) is 6.28. The Balaban J connectivity index is 1.71. The first-order valence-electron chi connectivity index (χ1n) is 12.0.